The summed E-state index contributed by atoms with van der Waals surface area (Å²) in [6.07, 6.45) is 7.32. The minimum Gasteiger partial charge on any atom is -0.491 e. The molecule has 1 atom stereocenters. The van der Waals surface area contributed by atoms with Crippen molar-refractivity contribution in [1.82, 2.24) is 30.2 Å². The van der Waals surface area contributed by atoms with Gasteiger partial charge in [0.25, 0.3) is 5.91 Å². The third kappa shape index (κ3) is 3.49. The smallest absolute Gasteiger partial charge is 0.270 e. The minimum atomic E-state index is -0.146. The number of aromatic amines is 1. The van der Waals surface area contributed by atoms with Crippen molar-refractivity contribution in [3.63, 3.8) is 0 Å². The van der Waals surface area contributed by atoms with Gasteiger partial charge in [0.1, 0.15) is 29.9 Å². The Morgan fingerprint density at radius 2 is 2.09 bits per heavy atom. The molecular formula is C23H23N7O2. The van der Waals surface area contributed by atoms with Gasteiger partial charge < -0.3 is 19.9 Å². The number of H-pyrrole nitrogens is 1. The van der Waals surface area contributed by atoms with E-state index in [2.05, 4.69) is 35.1 Å². The van der Waals surface area contributed by atoms with E-state index in [4.69, 9.17) is 4.74 Å². The summed E-state index contributed by atoms with van der Waals surface area (Å²) in [4.78, 5) is 35.6. The van der Waals surface area contributed by atoms with E-state index in [1.807, 2.05) is 24.3 Å². The van der Waals surface area contributed by atoms with Crippen molar-refractivity contribution in [2.45, 2.75) is 37.8 Å². The van der Waals surface area contributed by atoms with Crippen LogP contribution in [-0.4, -0.2) is 56.1 Å². The zero-order valence-electron chi connectivity index (χ0n) is 17.5. The van der Waals surface area contributed by atoms with E-state index in [-0.39, 0.29) is 18.0 Å². The standard InChI is InChI=1S/C23H23N7O2/c31-23(28-14-7-8-14)18-10-19(16-5-1-2-6-17(16)29-18)32-11-15-4-3-9-30(15)22-20-21(25-12-24-20)26-13-27-22/h1-2,5-6,10,12-15H,3-4,7-9,11H2,(H,28,31)(H,24,25,26,27). The Morgan fingerprint density at radius 1 is 1.19 bits per heavy atom. The third-order valence-electron chi connectivity index (χ3n) is 6.10. The fourth-order valence-electron chi connectivity index (χ4n) is 4.30. The maximum Gasteiger partial charge on any atom is 0.270 e. The first-order valence-corrected chi connectivity index (χ1v) is 11.0. The number of nitrogens with one attached hydrogen (secondary N) is 2. The summed E-state index contributed by atoms with van der Waals surface area (Å²) in [6.45, 7) is 1.37. The van der Waals surface area contributed by atoms with E-state index in [9.17, 15) is 4.79 Å². The van der Waals surface area contributed by atoms with Crippen LogP contribution in [0.3, 0.4) is 0 Å². The normalized spacial score (nSPS) is 18.4. The van der Waals surface area contributed by atoms with Gasteiger partial charge >= 0.3 is 0 Å². The van der Waals surface area contributed by atoms with Crippen molar-refractivity contribution >= 4 is 33.8 Å². The van der Waals surface area contributed by atoms with E-state index >= 15 is 0 Å². The fraction of sp³-hybridized carbons (Fsp3) is 0.348. The highest BCUT2D eigenvalue weighted by atomic mass is 16.5. The van der Waals surface area contributed by atoms with Crippen molar-refractivity contribution in [2.75, 3.05) is 18.1 Å². The van der Waals surface area contributed by atoms with E-state index in [0.717, 1.165) is 60.1 Å². The fourth-order valence-corrected chi connectivity index (χ4v) is 4.30. The van der Waals surface area contributed by atoms with Gasteiger partial charge in [-0.1, -0.05) is 12.1 Å². The molecule has 1 saturated carbocycles. The van der Waals surface area contributed by atoms with Crippen LogP contribution in [0.4, 0.5) is 5.82 Å². The van der Waals surface area contributed by atoms with Gasteiger partial charge in [-0.2, -0.15) is 0 Å². The number of hydrogen-bond acceptors (Lipinski definition) is 7. The number of hydrogen-bond donors (Lipinski definition) is 2. The van der Waals surface area contributed by atoms with Crippen LogP contribution in [0.15, 0.2) is 43.0 Å². The molecule has 1 unspecified atom stereocenters. The summed E-state index contributed by atoms with van der Waals surface area (Å²) >= 11 is 0. The Morgan fingerprint density at radius 3 is 3.00 bits per heavy atom. The summed E-state index contributed by atoms with van der Waals surface area (Å²) in [5.74, 6) is 1.36. The van der Waals surface area contributed by atoms with E-state index < -0.39 is 0 Å². The number of para-hydroxylation sites is 1. The molecule has 1 aliphatic heterocycles. The maximum atomic E-state index is 12.6. The highest BCUT2D eigenvalue weighted by molar-refractivity contribution is 5.97. The number of aromatic nitrogens is 5. The molecule has 0 radical (unpaired) electrons. The number of carbonyl (C=O) groups excluding carboxylic acids is 1. The molecule has 9 nitrogen and oxygen atoms in total. The van der Waals surface area contributed by atoms with Crippen LogP contribution in [0, 0.1) is 0 Å². The number of nitrogens with zero attached hydrogens (tertiary/aromatic N) is 5. The lowest BCUT2D eigenvalue weighted by Gasteiger charge is -2.26. The van der Waals surface area contributed by atoms with Gasteiger partial charge in [-0.15, -0.1) is 0 Å². The molecule has 0 bridgehead atoms. The molecule has 1 aromatic carbocycles. The zero-order valence-corrected chi connectivity index (χ0v) is 17.5. The minimum absolute atomic E-state index is 0.146. The molecule has 162 valence electrons. The summed E-state index contributed by atoms with van der Waals surface area (Å²) in [7, 11) is 0. The molecule has 4 heterocycles. The molecule has 3 aromatic heterocycles. The quantitative estimate of drug-likeness (QED) is 0.485. The molecule has 2 fully saturated rings. The second kappa shape index (κ2) is 7.74. The van der Waals surface area contributed by atoms with Crippen LogP contribution in [0.1, 0.15) is 36.2 Å². The van der Waals surface area contributed by atoms with Crippen molar-refractivity contribution in [1.29, 1.82) is 0 Å². The topological polar surface area (TPSA) is 109 Å². The van der Waals surface area contributed by atoms with Crippen LogP contribution in [0.25, 0.3) is 22.1 Å². The van der Waals surface area contributed by atoms with Crippen molar-refractivity contribution in [3.8, 4) is 5.75 Å². The average molecular weight is 429 g/mol. The lowest BCUT2D eigenvalue weighted by atomic mass is 10.1. The number of carbonyl (C=O) groups is 1. The Hall–Kier alpha value is -3.75. The first-order valence-electron chi connectivity index (χ1n) is 11.0. The van der Waals surface area contributed by atoms with Crippen LogP contribution >= 0.6 is 0 Å². The summed E-state index contributed by atoms with van der Waals surface area (Å²) in [6, 6.07) is 9.95. The van der Waals surface area contributed by atoms with Gasteiger partial charge in [0.05, 0.1) is 17.9 Å². The Labute approximate surface area is 184 Å². The first kappa shape index (κ1) is 19.0. The molecule has 4 aromatic rings. The largest absolute Gasteiger partial charge is 0.491 e. The molecule has 6 rings (SSSR count). The number of anilines is 1. The molecule has 1 saturated heterocycles. The molecule has 32 heavy (non-hydrogen) atoms. The molecule has 1 amide bonds. The number of imidazole rings is 1. The van der Waals surface area contributed by atoms with Crippen molar-refractivity contribution < 1.29 is 9.53 Å². The molecule has 2 N–H and O–H groups in total. The van der Waals surface area contributed by atoms with Gasteiger partial charge in [-0.3, -0.25) is 4.79 Å². The van der Waals surface area contributed by atoms with Crippen molar-refractivity contribution in [3.05, 3.63) is 48.7 Å². The predicted octanol–water partition coefficient (Wildman–Crippen LogP) is 2.84. The highest BCUT2D eigenvalue weighted by Crippen LogP contribution is 2.30. The van der Waals surface area contributed by atoms with Gasteiger partial charge in [0, 0.05) is 24.0 Å². The number of benzene rings is 1. The highest BCUT2D eigenvalue weighted by Gasteiger charge is 2.29. The average Bonchev–Trinajstić information content (AvgIpc) is 3.30. The van der Waals surface area contributed by atoms with Crippen LogP contribution < -0.4 is 15.0 Å². The summed E-state index contributed by atoms with van der Waals surface area (Å²) in [5.41, 5.74) is 2.65. The predicted molar refractivity (Wildman–Crippen MR) is 120 cm³/mol. The number of pyridine rings is 1. The van der Waals surface area contributed by atoms with Crippen LogP contribution in [0.2, 0.25) is 0 Å². The van der Waals surface area contributed by atoms with Crippen LogP contribution in [0.5, 0.6) is 5.75 Å². The molecule has 1 aliphatic carbocycles. The lowest BCUT2D eigenvalue weighted by Crippen LogP contribution is -2.35. The Kier molecular flexibility index (Phi) is 4.59. The van der Waals surface area contributed by atoms with Gasteiger partial charge in [-0.25, -0.2) is 19.9 Å². The second-order valence-corrected chi connectivity index (χ2v) is 8.37. The van der Waals surface area contributed by atoms with E-state index in [0.29, 0.717) is 18.1 Å². The number of ether oxygens (including phenoxy) is 1. The van der Waals surface area contributed by atoms with E-state index in [1.165, 1.54) is 0 Å². The van der Waals surface area contributed by atoms with E-state index in [1.54, 1.807) is 18.7 Å². The van der Waals surface area contributed by atoms with Crippen molar-refractivity contribution in [2.24, 2.45) is 0 Å². The monoisotopic (exact) mass is 429 g/mol. The second-order valence-electron chi connectivity index (χ2n) is 8.37. The summed E-state index contributed by atoms with van der Waals surface area (Å²) < 4.78 is 6.33. The number of fused-ring (bicyclic) bond motifs is 2. The molecule has 2 aliphatic rings. The number of amides is 1. The van der Waals surface area contributed by atoms with Gasteiger partial charge in [0.15, 0.2) is 11.5 Å². The third-order valence-corrected chi connectivity index (χ3v) is 6.10. The van der Waals surface area contributed by atoms with Gasteiger partial charge in [-0.05, 0) is 37.8 Å². The van der Waals surface area contributed by atoms with Gasteiger partial charge in [0.2, 0.25) is 0 Å². The summed E-state index contributed by atoms with van der Waals surface area (Å²) in [5, 5.41) is 3.91. The molecule has 9 heteroatoms. The molecular weight excluding hydrogens is 406 g/mol. The van der Waals surface area contributed by atoms with Crippen LogP contribution in [-0.2, 0) is 0 Å². The maximum absolute atomic E-state index is 12.6. The zero-order chi connectivity index (χ0) is 21.5. The molecule has 0 spiro atoms. The first-order chi connectivity index (χ1) is 15.8. The lowest BCUT2D eigenvalue weighted by molar-refractivity contribution is 0.0946. The number of rotatable bonds is 6. The SMILES string of the molecule is O=C(NC1CC1)c1cc(OCC2CCCN2c2ncnc3[nH]cnc23)c2ccccc2n1. The Balaban J connectivity index is 1.27. The Bertz CT molecular complexity index is 1300.